The van der Waals surface area contributed by atoms with Crippen molar-refractivity contribution in [3.05, 3.63) is 42.0 Å². The van der Waals surface area contributed by atoms with Crippen molar-refractivity contribution in [2.45, 2.75) is 51.7 Å². The highest BCUT2D eigenvalue weighted by atomic mass is 28.4. The number of benzene rings is 1. The van der Waals surface area contributed by atoms with E-state index in [9.17, 15) is 13.2 Å². The van der Waals surface area contributed by atoms with Gasteiger partial charge in [-0.15, -0.1) is 18.1 Å². The fourth-order valence-corrected chi connectivity index (χ4v) is 3.75. The number of aromatic nitrogens is 2. The van der Waals surface area contributed by atoms with E-state index >= 15 is 4.39 Å². The molecule has 0 N–H and O–H groups in total. The molecule has 1 aromatic heterocycles. The number of hydrogen-bond donors (Lipinski definition) is 0. The van der Waals surface area contributed by atoms with Gasteiger partial charge in [0.25, 0.3) is 0 Å². The van der Waals surface area contributed by atoms with E-state index in [1.165, 1.54) is 12.4 Å². The molecule has 1 fully saturated rings. The summed E-state index contributed by atoms with van der Waals surface area (Å²) in [6, 6.07) is 5.15. The fraction of sp³-hybridized carbons (Fsp3) is 0.500. The summed E-state index contributed by atoms with van der Waals surface area (Å²) in [5.74, 6) is 0.0130. The van der Waals surface area contributed by atoms with Gasteiger partial charge in [-0.2, -0.15) is 13.2 Å². The van der Waals surface area contributed by atoms with Gasteiger partial charge in [-0.3, -0.25) is 0 Å². The Morgan fingerprint density at radius 3 is 2.30 bits per heavy atom. The van der Waals surface area contributed by atoms with Crippen molar-refractivity contribution in [1.82, 2.24) is 9.97 Å². The minimum absolute atomic E-state index is 0.0244. The summed E-state index contributed by atoms with van der Waals surface area (Å²) in [4.78, 5) is 14.5. The van der Waals surface area contributed by atoms with Crippen molar-refractivity contribution in [1.29, 1.82) is 0 Å². The number of nitrogens with zero attached hydrogens (tertiary/aromatic N) is 4. The molecule has 11 heteroatoms. The van der Waals surface area contributed by atoms with Gasteiger partial charge in [0.2, 0.25) is 12.6 Å². The Bertz CT molecular complexity index is 997. The van der Waals surface area contributed by atoms with E-state index in [4.69, 9.17) is 4.43 Å². The maximum atomic E-state index is 15.2. The predicted molar refractivity (Wildman–Crippen MR) is 121 cm³/mol. The van der Waals surface area contributed by atoms with Crippen molar-refractivity contribution in [3.63, 3.8) is 0 Å². The molecule has 33 heavy (non-hydrogen) atoms. The molecule has 0 unspecified atom stereocenters. The number of anilines is 1. The third-order valence-corrected chi connectivity index (χ3v) is 10.4. The first-order valence-electron chi connectivity index (χ1n) is 10.5. The van der Waals surface area contributed by atoms with Crippen LogP contribution in [0.15, 0.2) is 35.7 Å². The maximum absolute atomic E-state index is 15.2. The second kappa shape index (κ2) is 9.38. The number of alkyl halides is 3. The molecule has 6 nitrogen and oxygen atoms in total. The summed E-state index contributed by atoms with van der Waals surface area (Å²) in [6.07, 6.45) is -1.38. The summed E-state index contributed by atoms with van der Waals surface area (Å²) in [7, 11) is -2.02. The van der Waals surface area contributed by atoms with Gasteiger partial charge in [0.1, 0.15) is 5.82 Å². The number of halogens is 4. The first kappa shape index (κ1) is 25.1. The molecule has 0 radical (unpaired) electrons. The monoisotopic (exact) mass is 484 g/mol. The molecule has 2 heterocycles. The van der Waals surface area contributed by atoms with Crippen LogP contribution in [-0.4, -0.2) is 49.9 Å². The zero-order valence-electron chi connectivity index (χ0n) is 19.3. The second-order valence-electron chi connectivity index (χ2n) is 9.50. The quantitative estimate of drug-likeness (QED) is 0.293. The van der Waals surface area contributed by atoms with E-state index in [2.05, 4.69) is 53.8 Å². The molecule has 0 amide bonds. The van der Waals surface area contributed by atoms with Crippen molar-refractivity contribution in [2.75, 3.05) is 24.6 Å². The normalized spacial score (nSPS) is 14.8. The minimum Gasteiger partial charge on any atom is -0.561 e. The molecule has 1 aromatic carbocycles. The molecule has 0 saturated carbocycles. The van der Waals surface area contributed by atoms with E-state index in [0.717, 1.165) is 0 Å². The second-order valence-corrected chi connectivity index (χ2v) is 14.3. The lowest BCUT2D eigenvalue weighted by Gasteiger charge is -2.48. The van der Waals surface area contributed by atoms with Crippen LogP contribution in [0.1, 0.15) is 26.3 Å². The first-order valence-corrected chi connectivity index (χ1v) is 13.4. The van der Waals surface area contributed by atoms with Crippen LogP contribution in [0.25, 0.3) is 11.1 Å². The molecule has 1 aliphatic rings. The molecular formula is C22H28F4N4O2Si-. The largest absolute Gasteiger partial charge is 0.561 e. The van der Waals surface area contributed by atoms with Gasteiger partial charge in [-0.1, -0.05) is 44.1 Å². The molecule has 0 atom stereocenters. The van der Waals surface area contributed by atoms with Gasteiger partial charge in [0.15, 0.2) is 0 Å². The molecular weight excluding hydrogens is 456 g/mol. The standard InChI is InChI=1S/C22H28F4N4O2Si/c1-21(2,3)33(4,5)32-13-15-7-6-8-18(19(15)23)16-9-27-20(28-10-16)30-11-17(12-30)29-31-14-22(24,25)26/h6-10H,11-14H2,1-5H3/q-1. The zero-order valence-corrected chi connectivity index (χ0v) is 20.3. The Labute approximate surface area is 191 Å². The van der Waals surface area contributed by atoms with Gasteiger partial charge in [0.05, 0.1) is 18.8 Å². The lowest BCUT2D eigenvalue weighted by molar-refractivity contribution is -0.173. The highest BCUT2D eigenvalue weighted by Crippen LogP contribution is 2.37. The van der Waals surface area contributed by atoms with E-state index in [-0.39, 0.29) is 30.6 Å². The highest BCUT2D eigenvalue weighted by Gasteiger charge is 2.30. The summed E-state index contributed by atoms with van der Waals surface area (Å²) >= 11 is 0. The van der Waals surface area contributed by atoms with Crippen LogP contribution in [-0.2, 0) is 15.9 Å². The molecule has 1 aliphatic heterocycles. The number of oxime groups is 1. The molecule has 3 rings (SSSR count). The zero-order chi connectivity index (χ0) is 24.4. The third-order valence-electron chi connectivity index (χ3n) is 5.87. The molecule has 2 aromatic rings. The summed E-state index contributed by atoms with van der Waals surface area (Å²) < 4.78 is 57.6. The molecule has 0 aliphatic carbocycles. The van der Waals surface area contributed by atoms with Gasteiger partial charge >= 0.3 is 6.18 Å². The van der Waals surface area contributed by atoms with Crippen LogP contribution in [0.3, 0.4) is 0 Å². The summed E-state index contributed by atoms with van der Waals surface area (Å²) in [5.41, 5.74) is 1.84. The number of hydrogen-bond acceptors (Lipinski definition) is 6. The lowest BCUT2D eigenvalue weighted by Crippen LogP contribution is -2.48. The smallest absolute Gasteiger partial charge is 0.425 e. The van der Waals surface area contributed by atoms with E-state index in [1.807, 2.05) is 0 Å². The van der Waals surface area contributed by atoms with Crippen LogP contribution < -0.4 is 4.90 Å². The summed E-state index contributed by atoms with van der Waals surface area (Å²) in [5, 5.41) is 3.49. The maximum Gasteiger partial charge on any atom is 0.425 e. The van der Waals surface area contributed by atoms with Crippen LogP contribution in [0, 0.1) is 5.82 Å². The van der Waals surface area contributed by atoms with Crippen molar-refractivity contribution in [2.24, 2.45) is 5.16 Å². The van der Waals surface area contributed by atoms with Crippen molar-refractivity contribution in [3.8, 4) is 11.1 Å². The van der Waals surface area contributed by atoms with Crippen molar-refractivity contribution < 1.29 is 26.8 Å². The van der Waals surface area contributed by atoms with Gasteiger partial charge in [-0.05, 0) is 8.32 Å². The van der Waals surface area contributed by atoms with Crippen molar-refractivity contribution >= 4 is 20.0 Å². The van der Waals surface area contributed by atoms with Crippen LogP contribution >= 0.6 is 0 Å². The minimum atomic E-state index is -4.42. The molecule has 0 spiro atoms. The average Bonchev–Trinajstić information content (AvgIpc) is 2.67. The Morgan fingerprint density at radius 1 is 1.09 bits per heavy atom. The van der Waals surface area contributed by atoms with Crippen LogP contribution in [0.4, 0.5) is 23.5 Å². The van der Waals surface area contributed by atoms with Gasteiger partial charge in [0, 0.05) is 35.7 Å². The van der Waals surface area contributed by atoms with Crippen LogP contribution in [0.5, 0.6) is 0 Å². The van der Waals surface area contributed by atoms with E-state index in [0.29, 0.717) is 28.4 Å². The Morgan fingerprint density at radius 2 is 1.73 bits per heavy atom. The molecule has 181 valence electrons. The third kappa shape index (κ3) is 6.29. The Kier molecular flexibility index (Phi) is 7.13. The summed E-state index contributed by atoms with van der Waals surface area (Å²) in [6.45, 7) is 9.95. The fourth-order valence-electron chi connectivity index (χ4n) is 2.80. The van der Waals surface area contributed by atoms with Gasteiger partial charge < -0.3 is 14.2 Å². The lowest BCUT2D eigenvalue weighted by atomic mass is 10.1. The SMILES string of the molecule is CC(C)(C)[Si-](C)(C)OCc1cccc(-c2cnc(N3CC(=NOCC(F)(F)F)C3)nc2)c1F. The Hall–Kier alpha value is -2.53. The number of rotatable bonds is 7. The Balaban J connectivity index is 1.64. The van der Waals surface area contributed by atoms with Gasteiger partial charge in [-0.25, -0.2) is 14.4 Å². The topological polar surface area (TPSA) is 59.8 Å². The van der Waals surface area contributed by atoms with E-state index < -0.39 is 21.1 Å². The molecule has 0 bridgehead atoms. The highest BCUT2D eigenvalue weighted by molar-refractivity contribution is 6.74. The van der Waals surface area contributed by atoms with Crippen LogP contribution in [0.2, 0.25) is 18.1 Å². The first-order chi connectivity index (χ1) is 15.3. The predicted octanol–water partition coefficient (Wildman–Crippen LogP) is 5.56. The molecule has 1 saturated heterocycles. The average molecular weight is 485 g/mol. The van der Waals surface area contributed by atoms with E-state index in [1.54, 1.807) is 23.1 Å².